The summed E-state index contributed by atoms with van der Waals surface area (Å²) in [5.41, 5.74) is 1.41. The van der Waals surface area contributed by atoms with Gasteiger partial charge in [-0.15, -0.1) is 0 Å². The van der Waals surface area contributed by atoms with Crippen LogP contribution in [0.5, 0.6) is 0 Å². The Labute approximate surface area is 152 Å². The second-order valence-electron chi connectivity index (χ2n) is 4.77. The fraction of sp³-hybridized carbons (Fsp3) is 0.125. The van der Waals surface area contributed by atoms with E-state index in [4.69, 9.17) is 11.6 Å². The maximum absolute atomic E-state index is 12.8. The molecule has 0 bridgehead atoms. The molecule has 0 unspecified atom stereocenters. The van der Waals surface area contributed by atoms with Crippen molar-refractivity contribution in [1.29, 1.82) is 0 Å². The summed E-state index contributed by atoms with van der Waals surface area (Å²) in [6, 6.07) is 14.4. The Balaban J connectivity index is 1.88. The van der Waals surface area contributed by atoms with Crippen LogP contribution in [0, 0.1) is 0 Å². The highest BCUT2D eigenvalue weighted by Gasteiger charge is 2.24. The van der Waals surface area contributed by atoms with Crippen LogP contribution < -0.4 is 10.2 Å². The zero-order valence-electron chi connectivity index (χ0n) is 12.0. The predicted molar refractivity (Wildman–Crippen MR) is 102 cm³/mol. The van der Waals surface area contributed by atoms with Gasteiger partial charge in [0.15, 0.2) is 5.17 Å². The van der Waals surface area contributed by atoms with E-state index in [1.165, 1.54) is 0 Å². The molecule has 2 amide bonds. The number of hydrogen-bond donors (Lipinski definition) is 1. The highest BCUT2D eigenvalue weighted by atomic mass is 79.9. The van der Waals surface area contributed by atoms with Gasteiger partial charge in [0, 0.05) is 20.9 Å². The third-order valence-corrected chi connectivity index (χ3v) is 4.84. The summed E-state index contributed by atoms with van der Waals surface area (Å²) in [6.07, 6.45) is 0. The van der Waals surface area contributed by atoms with Crippen LogP contribution in [-0.2, 0) is 0 Å². The summed E-state index contributed by atoms with van der Waals surface area (Å²) in [7, 11) is 0. The quantitative estimate of drug-likeness (QED) is 0.735. The minimum absolute atomic E-state index is 0.261. The van der Waals surface area contributed by atoms with Crippen molar-refractivity contribution in [2.45, 2.75) is 0 Å². The van der Waals surface area contributed by atoms with Crippen LogP contribution in [0.2, 0.25) is 5.02 Å². The lowest BCUT2D eigenvalue weighted by Gasteiger charge is -2.22. The lowest BCUT2D eigenvalue weighted by Crippen LogP contribution is -2.38. The first kappa shape index (κ1) is 16.4. The van der Waals surface area contributed by atoms with Crippen LogP contribution in [0.4, 0.5) is 16.2 Å². The summed E-state index contributed by atoms with van der Waals surface area (Å²) in [4.78, 5) is 18.8. The van der Waals surface area contributed by atoms with E-state index in [2.05, 4.69) is 26.2 Å². The van der Waals surface area contributed by atoms with E-state index in [1.807, 2.05) is 24.3 Å². The van der Waals surface area contributed by atoms with Gasteiger partial charge in [0.05, 0.1) is 12.2 Å². The fourth-order valence-electron chi connectivity index (χ4n) is 2.11. The van der Waals surface area contributed by atoms with Gasteiger partial charge in [-0.25, -0.2) is 9.69 Å². The van der Waals surface area contributed by atoms with Gasteiger partial charge in [0.2, 0.25) is 0 Å². The van der Waals surface area contributed by atoms with Gasteiger partial charge in [-0.1, -0.05) is 45.4 Å². The Bertz CT molecular complexity index is 751. The number of carbonyl (C=O) groups is 1. The number of hydrogen-bond acceptors (Lipinski definition) is 3. The SMILES string of the molecule is O=C(Nc1cccc(Cl)c1)N(C1=NCCS1)c1ccc(Br)cc1. The van der Waals surface area contributed by atoms with Gasteiger partial charge in [-0.05, 0) is 42.5 Å². The second kappa shape index (κ2) is 7.38. The van der Waals surface area contributed by atoms with Crippen LogP contribution in [-0.4, -0.2) is 23.5 Å². The molecule has 1 aliphatic heterocycles. The summed E-state index contributed by atoms with van der Waals surface area (Å²) in [5, 5.41) is 4.14. The molecular formula is C16H13BrClN3OS. The molecule has 0 saturated carbocycles. The molecule has 0 aliphatic carbocycles. The van der Waals surface area contributed by atoms with Crippen molar-refractivity contribution in [2.24, 2.45) is 4.99 Å². The number of anilines is 2. The third kappa shape index (κ3) is 4.07. The number of aliphatic imine (C=N–C) groups is 1. The second-order valence-corrected chi connectivity index (χ2v) is 7.18. The molecule has 2 aromatic carbocycles. The highest BCUT2D eigenvalue weighted by Crippen LogP contribution is 2.26. The number of urea groups is 1. The number of halogens is 2. The first-order valence-corrected chi connectivity index (χ1v) is 9.08. The van der Waals surface area contributed by atoms with Crippen LogP contribution in [0.25, 0.3) is 0 Å². The summed E-state index contributed by atoms with van der Waals surface area (Å²) < 4.78 is 0.956. The van der Waals surface area contributed by atoms with Gasteiger partial charge in [0.1, 0.15) is 0 Å². The van der Waals surface area contributed by atoms with Crippen molar-refractivity contribution in [3.63, 3.8) is 0 Å². The van der Waals surface area contributed by atoms with Crippen molar-refractivity contribution in [1.82, 2.24) is 0 Å². The van der Waals surface area contributed by atoms with Gasteiger partial charge in [0.25, 0.3) is 0 Å². The molecule has 0 radical (unpaired) electrons. The van der Waals surface area contributed by atoms with Crippen LogP contribution >= 0.6 is 39.3 Å². The normalized spacial score (nSPS) is 13.6. The molecule has 4 nitrogen and oxygen atoms in total. The standard InChI is InChI=1S/C16H13BrClN3OS/c17-11-4-6-14(7-5-11)21(16-19-8-9-23-16)15(22)20-13-3-1-2-12(18)10-13/h1-7,10H,8-9H2,(H,20,22). The molecule has 1 N–H and O–H groups in total. The van der Waals surface area contributed by atoms with Gasteiger partial charge in [-0.2, -0.15) is 0 Å². The zero-order chi connectivity index (χ0) is 16.2. The van der Waals surface area contributed by atoms with Gasteiger partial charge < -0.3 is 5.32 Å². The number of nitrogens with zero attached hydrogens (tertiary/aromatic N) is 2. The molecule has 0 atom stereocenters. The molecule has 0 spiro atoms. The Morgan fingerprint density at radius 3 is 2.70 bits per heavy atom. The Morgan fingerprint density at radius 2 is 2.04 bits per heavy atom. The number of benzene rings is 2. The van der Waals surface area contributed by atoms with E-state index in [0.29, 0.717) is 15.9 Å². The number of thioether (sulfide) groups is 1. The van der Waals surface area contributed by atoms with Crippen molar-refractivity contribution in [2.75, 3.05) is 22.5 Å². The van der Waals surface area contributed by atoms with Gasteiger partial charge in [-0.3, -0.25) is 4.99 Å². The average Bonchev–Trinajstić information content (AvgIpc) is 3.03. The smallest absolute Gasteiger partial charge is 0.307 e. The number of nitrogens with one attached hydrogen (secondary N) is 1. The first-order valence-electron chi connectivity index (χ1n) is 6.93. The maximum atomic E-state index is 12.8. The predicted octanol–water partition coefficient (Wildman–Crippen LogP) is 5.24. The lowest BCUT2D eigenvalue weighted by atomic mass is 10.3. The third-order valence-electron chi connectivity index (χ3n) is 3.12. The van der Waals surface area contributed by atoms with Crippen LogP contribution in [0.3, 0.4) is 0 Å². The van der Waals surface area contributed by atoms with Crippen molar-refractivity contribution in [3.8, 4) is 0 Å². The van der Waals surface area contributed by atoms with Crippen molar-refractivity contribution < 1.29 is 4.79 Å². The molecule has 3 rings (SSSR count). The fourth-order valence-corrected chi connectivity index (χ4v) is 3.43. The highest BCUT2D eigenvalue weighted by molar-refractivity contribution is 9.10. The monoisotopic (exact) mass is 409 g/mol. The molecule has 1 heterocycles. The van der Waals surface area contributed by atoms with Crippen LogP contribution in [0.15, 0.2) is 58.0 Å². The summed E-state index contributed by atoms with van der Waals surface area (Å²) in [5.74, 6) is 0.882. The number of amidine groups is 1. The molecule has 7 heteroatoms. The van der Waals surface area contributed by atoms with E-state index in [1.54, 1.807) is 40.9 Å². The molecule has 1 aliphatic rings. The van der Waals surface area contributed by atoms with E-state index >= 15 is 0 Å². The minimum atomic E-state index is -0.261. The Kier molecular flexibility index (Phi) is 5.25. The summed E-state index contributed by atoms with van der Waals surface area (Å²) >= 11 is 10.9. The average molecular weight is 411 g/mol. The largest absolute Gasteiger partial charge is 0.332 e. The molecule has 2 aromatic rings. The summed E-state index contributed by atoms with van der Waals surface area (Å²) in [6.45, 7) is 0.720. The van der Waals surface area contributed by atoms with E-state index < -0.39 is 0 Å². The molecule has 0 fully saturated rings. The van der Waals surface area contributed by atoms with Crippen molar-refractivity contribution >= 4 is 61.9 Å². The number of amides is 2. The minimum Gasteiger partial charge on any atom is -0.307 e. The molecule has 118 valence electrons. The Hall–Kier alpha value is -1.50. The van der Waals surface area contributed by atoms with E-state index in [-0.39, 0.29) is 6.03 Å². The zero-order valence-corrected chi connectivity index (χ0v) is 15.2. The van der Waals surface area contributed by atoms with Crippen molar-refractivity contribution in [3.05, 3.63) is 58.0 Å². The molecule has 23 heavy (non-hydrogen) atoms. The molecular weight excluding hydrogens is 398 g/mol. The molecule has 0 saturated heterocycles. The Morgan fingerprint density at radius 1 is 1.26 bits per heavy atom. The van der Waals surface area contributed by atoms with E-state index in [0.717, 1.165) is 22.5 Å². The molecule has 0 aromatic heterocycles. The lowest BCUT2D eigenvalue weighted by molar-refractivity contribution is 0.259. The van der Waals surface area contributed by atoms with Gasteiger partial charge >= 0.3 is 6.03 Å². The number of carbonyl (C=O) groups excluding carboxylic acids is 1. The number of rotatable bonds is 2. The first-order chi connectivity index (χ1) is 11.1. The van der Waals surface area contributed by atoms with Crippen LogP contribution in [0.1, 0.15) is 0 Å². The van der Waals surface area contributed by atoms with E-state index in [9.17, 15) is 4.79 Å². The maximum Gasteiger partial charge on any atom is 0.332 e. The topological polar surface area (TPSA) is 44.7 Å².